The van der Waals surface area contributed by atoms with Crippen LogP contribution in [0.25, 0.3) is 10.9 Å². The van der Waals surface area contributed by atoms with Gasteiger partial charge in [-0.1, -0.05) is 12.1 Å². The molecule has 136 valence electrons. The minimum atomic E-state index is -0.593. The first-order chi connectivity index (χ1) is 13.0. The molecule has 1 heterocycles. The number of carbonyl (C=O) groups is 3. The Morgan fingerprint density at radius 1 is 0.926 bits per heavy atom. The van der Waals surface area contributed by atoms with E-state index in [9.17, 15) is 14.4 Å². The molecule has 0 aliphatic rings. The number of aromatic nitrogens is 1. The topological polar surface area (TPSA) is 97.4 Å². The molecule has 0 saturated carbocycles. The van der Waals surface area contributed by atoms with Crippen LogP contribution in [0.2, 0.25) is 0 Å². The largest absolute Gasteiger partial charge is 0.452 e. The van der Waals surface area contributed by atoms with Gasteiger partial charge < -0.3 is 15.4 Å². The number of ether oxygens (including phenoxy) is 1. The maximum absolute atomic E-state index is 12.3. The molecule has 3 aromatic rings. The number of esters is 1. The highest BCUT2D eigenvalue weighted by Crippen LogP contribution is 2.17. The summed E-state index contributed by atoms with van der Waals surface area (Å²) in [5.41, 5.74) is 2.18. The van der Waals surface area contributed by atoms with Gasteiger partial charge in [0.1, 0.15) is 0 Å². The summed E-state index contributed by atoms with van der Waals surface area (Å²) < 4.78 is 5.11. The lowest BCUT2D eigenvalue weighted by Gasteiger charge is -2.09. The van der Waals surface area contributed by atoms with Crippen molar-refractivity contribution in [3.63, 3.8) is 0 Å². The van der Waals surface area contributed by atoms with Gasteiger partial charge in [0.25, 0.3) is 5.91 Å². The van der Waals surface area contributed by atoms with Gasteiger partial charge in [0.05, 0.1) is 11.1 Å². The first-order valence-electron chi connectivity index (χ1n) is 8.21. The van der Waals surface area contributed by atoms with E-state index >= 15 is 0 Å². The molecule has 0 aliphatic heterocycles. The molecule has 0 spiro atoms. The number of pyridine rings is 1. The second-order valence-electron chi connectivity index (χ2n) is 5.76. The van der Waals surface area contributed by atoms with Gasteiger partial charge in [0.15, 0.2) is 6.61 Å². The Bertz CT molecular complexity index is 994. The van der Waals surface area contributed by atoms with Gasteiger partial charge in [-0.2, -0.15) is 0 Å². The van der Waals surface area contributed by atoms with Crippen molar-refractivity contribution in [2.75, 3.05) is 17.2 Å². The number of nitrogens with zero attached hydrogens (tertiary/aromatic N) is 1. The molecular formula is C20H17N3O4. The zero-order chi connectivity index (χ0) is 19.2. The molecule has 2 aromatic carbocycles. The molecular weight excluding hydrogens is 346 g/mol. The normalized spacial score (nSPS) is 10.3. The van der Waals surface area contributed by atoms with Crippen molar-refractivity contribution in [3.05, 3.63) is 66.4 Å². The molecule has 0 radical (unpaired) electrons. The molecule has 0 saturated heterocycles. The summed E-state index contributed by atoms with van der Waals surface area (Å²) in [6.07, 6.45) is 1.64. The van der Waals surface area contributed by atoms with E-state index in [1.54, 1.807) is 60.8 Å². The molecule has 2 N–H and O–H groups in total. The van der Waals surface area contributed by atoms with Crippen LogP contribution < -0.4 is 10.6 Å². The van der Waals surface area contributed by atoms with Gasteiger partial charge in [0.2, 0.25) is 5.91 Å². The highest BCUT2D eigenvalue weighted by Gasteiger charge is 2.13. The van der Waals surface area contributed by atoms with E-state index in [0.29, 0.717) is 27.8 Å². The lowest BCUT2D eigenvalue weighted by Crippen LogP contribution is -2.21. The van der Waals surface area contributed by atoms with E-state index in [4.69, 9.17) is 4.74 Å². The van der Waals surface area contributed by atoms with Crippen molar-refractivity contribution in [1.82, 2.24) is 4.98 Å². The van der Waals surface area contributed by atoms with Crippen molar-refractivity contribution in [3.8, 4) is 0 Å². The summed E-state index contributed by atoms with van der Waals surface area (Å²) in [4.78, 5) is 39.5. The van der Waals surface area contributed by atoms with Crippen molar-refractivity contribution < 1.29 is 19.1 Å². The van der Waals surface area contributed by atoms with Crippen molar-refractivity contribution >= 4 is 40.1 Å². The summed E-state index contributed by atoms with van der Waals surface area (Å²) >= 11 is 0. The van der Waals surface area contributed by atoms with Crippen LogP contribution in [0.4, 0.5) is 11.4 Å². The highest BCUT2D eigenvalue weighted by atomic mass is 16.5. The van der Waals surface area contributed by atoms with E-state index < -0.39 is 18.5 Å². The minimum Gasteiger partial charge on any atom is -0.452 e. The number of fused-ring (bicyclic) bond motifs is 1. The third-order valence-corrected chi connectivity index (χ3v) is 3.69. The number of nitrogens with one attached hydrogen (secondary N) is 2. The monoisotopic (exact) mass is 363 g/mol. The number of hydrogen-bond acceptors (Lipinski definition) is 5. The van der Waals surface area contributed by atoms with Gasteiger partial charge in [-0.25, -0.2) is 4.79 Å². The summed E-state index contributed by atoms with van der Waals surface area (Å²) in [6, 6.07) is 15.2. The lowest BCUT2D eigenvalue weighted by atomic mass is 10.1. The van der Waals surface area contributed by atoms with E-state index in [-0.39, 0.29) is 5.91 Å². The number of carbonyl (C=O) groups excluding carboxylic acids is 3. The van der Waals surface area contributed by atoms with Crippen LogP contribution in [0.15, 0.2) is 60.8 Å². The maximum atomic E-state index is 12.3. The molecule has 0 aliphatic carbocycles. The van der Waals surface area contributed by atoms with E-state index in [2.05, 4.69) is 15.6 Å². The number of rotatable bonds is 5. The van der Waals surface area contributed by atoms with Crippen LogP contribution in [-0.4, -0.2) is 29.4 Å². The number of benzene rings is 2. The third kappa shape index (κ3) is 4.66. The van der Waals surface area contributed by atoms with Crippen LogP contribution in [0, 0.1) is 0 Å². The Morgan fingerprint density at radius 2 is 1.63 bits per heavy atom. The Kier molecular flexibility index (Phi) is 5.41. The second-order valence-corrected chi connectivity index (χ2v) is 5.76. The Labute approximate surface area is 155 Å². The molecule has 0 atom stereocenters. The van der Waals surface area contributed by atoms with Crippen LogP contribution >= 0.6 is 0 Å². The van der Waals surface area contributed by atoms with Crippen LogP contribution in [0.5, 0.6) is 0 Å². The first-order valence-corrected chi connectivity index (χ1v) is 8.21. The average Bonchev–Trinajstić information content (AvgIpc) is 2.67. The summed E-state index contributed by atoms with van der Waals surface area (Å²) in [7, 11) is 0. The molecule has 7 nitrogen and oxygen atoms in total. The lowest BCUT2D eigenvalue weighted by molar-refractivity contribution is -0.119. The average molecular weight is 363 g/mol. The number of hydrogen-bond donors (Lipinski definition) is 2. The molecule has 7 heteroatoms. The molecule has 0 unspecified atom stereocenters. The molecule has 2 amide bonds. The zero-order valence-corrected chi connectivity index (χ0v) is 14.6. The molecule has 1 aromatic heterocycles. The van der Waals surface area contributed by atoms with Crippen molar-refractivity contribution in [1.29, 1.82) is 0 Å². The molecule has 0 fully saturated rings. The summed E-state index contributed by atoms with van der Waals surface area (Å²) in [6.45, 7) is 0.999. The highest BCUT2D eigenvalue weighted by molar-refractivity contribution is 6.04. The Morgan fingerprint density at radius 3 is 2.33 bits per heavy atom. The minimum absolute atomic E-state index is 0.178. The van der Waals surface area contributed by atoms with E-state index in [1.807, 2.05) is 0 Å². The standard InChI is InChI=1S/C20H17N3O4/c1-13(24)22-14-7-9-15(10-8-14)23-19(25)12-27-20(26)17-4-2-6-18-16(17)5-3-11-21-18/h2-11H,12H2,1H3,(H,22,24)(H,23,25). The predicted octanol–water partition coefficient (Wildman–Crippen LogP) is 2.99. The van der Waals surface area contributed by atoms with Gasteiger partial charge in [-0.3, -0.25) is 14.6 Å². The second kappa shape index (κ2) is 8.09. The number of anilines is 2. The van der Waals surface area contributed by atoms with E-state index in [1.165, 1.54) is 6.92 Å². The van der Waals surface area contributed by atoms with Crippen molar-refractivity contribution in [2.24, 2.45) is 0 Å². The van der Waals surface area contributed by atoms with Gasteiger partial charge in [-0.15, -0.1) is 0 Å². The quantitative estimate of drug-likeness (QED) is 0.679. The predicted molar refractivity (Wildman–Crippen MR) is 101 cm³/mol. The Balaban J connectivity index is 1.58. The van der Waals surface area contributed by atoms with Gasteiger partial charge in [0, 0.05) is 29.9 Å². The SMILES string of the molecule is CC(=O)Nc1ccc(NC(=O)COC(=O)c2cccc3ncccc23)cc1. The molecule has 27 heavy (non-hydrogen) atoms. The van der Waals surface area contributed by atoms with Crippen molar-refractivity contribution in [2.45, 2.75) is 6.92 Å². The fourth-order valence-electron chi connectivity index (χ4n) is 2.53. The summed E-state index contributed by atoms with van der Waals surface area (Å²) in [5, 5.41) is 5.92. The van der Waals surface area contributed by atoms with Gasteiger partial charge in [-0.05, 0) is 42.5 Å². The molecule has 3 rings (SSSR count). The van der Waals surface area contributed by atoms with Crippen LogP contribution in [0.1, 0.15) is 17.3 Å². The van der Waals surface area contributed by atoms with Crippen LogP contribution in [-0.2, 0) is 14.3 Å². The molecule has 0 bridgehead atoms. The Hall–Kier alpha value is -3.74. The fraction of sp³-hybridized carbons (Fsp3) is 0.100. The van der Waals surface area contributed by atoms with E-state index in [0.717, 1.165) is 0 Å². The maximum Gasteiger partial charge on any atom is 0.339 e. The fourth-order valence-corrected chi connectivity index (χ4v) is 2.53. The zero-order valence-electron chi connectivity index (χ0n) is 14.6. The van der Waals surface area contributed by atoms with Gasteiger partial charge >= 0.3 is 5.97 Å². The third-order valence-electron chi connectivity index (χ3n) is 3.69. The summed E-state index contributed by atoms with van der Waals surface area (Å²) in [5.74, 6) is -1.24. The first kappa shape index (κ1) is 18.1. The smallest absolute Gasteiger partial charge is 0.339 e. The van der Waals surface area contributed by atoms with Crippen LogP contribution in [0.3, 0.4) is 0 Å². The number of amides is 2.